The van der Waals surface area contributed by atoms with Gasteiger partial charge in [-0.2, -0.15) is 4.72 Å². The topological polar surface area (TPSA) is 84.5 Å². The van der Waals surface area contributed by atoms with Crippen LogP contribution in [0, 0.1) is 0 Å². The van der Waals surface area contributed by atoms with Gasteiger partial charge in [-0.15, -0.1) is 0 Å². The minimum absolute atomic E-state index is 0.0785. The minimum Gasteiger partial charge on any atom is -0.495 e. The molecule has 1 aliphatic carbocycles. The number of nitrogens with one attached hydrogen (secondary N) is 2. The summed E-state index contributed by atoms with van der Waals surface area (Å²) in [5.41, 5.74) is 0.863. The van der Waals surface area contributed by atoms with Crippen LogP contribution in [0.2, 0.25) is 5.02 Å². The molecule has 0 spiro atoms. The summed E-state index contributed by atoms with van der Waals surface area (Å²) in [6, 6.07) is 12.8. The Morgan fingerprint density at radius 1 is 1.13 bits per heavy atom. The van der Waals surface area contributed by atoms with Crippen molar-refractivity contribution in [2.24, 2.45) is 0 Å². The Bertz CT molecular complexity index is 960. The molecule has 0 aliphatic heterocycles. The average molecular weight is 451 g/mol. The van der Waals surface area contributed by atoms with Gasteiger partial charge < -0.3 is 10.1 Å². The van der Waals surface area contributed by atoms with Gasteiger partial charge in [0.2, 0.25) is 15.9 Å². The van der Waals surface area contributed by atoms with Crippen LogP contribution in [0.15, 0.2) is 53.4 Å². The number of carbonyl (C=O) groups is 1. The van der Waals surface area contributed by atoms with Crippen LogP contribution in [0.3, 0.4) is 0 Å². The third-order valence-corrected chi connectivity index (χ3v) is 6.99. The predicted octanol–water partition coefficient (Wildman–Crippen LogP) is 3.69. The quantitative estimate of drug-likeness (QED) is 0.642. The Kier molecular flexibility index (Phi) is 7.75. The predicted molar refractivity (Wildman–Crippen MR) is 117 cm³/mol. The smallest absolute Gasteiger partial charge is 0.245 e. The number of methoxy groups -OCH3 is 1. The largest absolute Gasteiger partial charge is 0.495 e. The van der Waals surface area contributed by atoms with E-state index in [4.69, 9.17) is 16.3 Å². The molecule has 1 amide bonds. The van der Waals surface area contributed by atoms with Gasteiger partial charge in [0.15, 0.2) is 0 Å². The van der Waals surface area contributed by atoms with E-state index in [1.54, 1.807) is 6.07 Å². The van der Waals surface area contributed by atoms with Crippen LogP contribution in [0.1, 0.15) is 37.7 Å². The van der Waals surface area contributed by atoms with Gasteiger partial charge in [0, 0.05) is 11.1 Å². The number of amides is 1. The second kappa shape index (κ2) is 10.3. The Hall–Kier alpha value is -2.09. The maximum atomic E-state index is 13.1. The fourth-order valence-corrected chi connectivity index (χ4v) is 5.32. The van der Waals surface area contributed by atoms with Crippen molar-refractivity contribution in [3.05, 3.63) is 59.1 Å². The third-order valence-electron chi connectivity index (χ3n) is 5.26. The molecule has 1 atom stereocenters. The van der Waals surface area contributed by atoms with Crippen molar-refractivity contribution >= 4 is 27.5 Å². The van der Waals surface area contributed by atoms with Gasteiger partial charge in [0.05, 0.1) is 7.11 Å². The summed E-state index contributed by atoms with van der Waals surface area (Å²) < 4.78 is 34.0. The maximum absolute atomic E-state index is 13.1. The van der Waals surface area contributed by atoms with Crippen molar-refractivity contribution in [2.45, 2.75) is 55.5 Å². The van der Waals surface area contributed by atoms with E-state index in [-0.39, 0.29) is 34.0 Å². The normalized spacial score (nSPS) is 16.1. The van der Waals surface area contributed by atoms with Gasteiger partial charge in [-0.25, -0.2) is 8.42 Å². The number of hydrogen-bond donors (Lipinski definition) is 2. The molecular formula is C22H27ClN2O4S. The zero-order valence-corrected chi connectivity index (χ0v) is 18.5. The van der Waals surface area contributed by atoms with Gasteiger partial charge in [0.25, 0.3) is 0 Å². The van der Waals surface area contributed by atoms with Gasteiger partial charge in [-0.3, -0.25) is 4.79 Å². The van der Waals surface area contributed by atoms with Crippen LogP contribution in [-0.4, -0.2) is 33.5 Å². The first-order valence-corrected chi connectivity index (χ1v) is 12.0. The highest BCUT2D eigenvalue weighted by Crippen LogP contribution is 2.27. The summed E-state index contributed by atoms with van der Waals surface area (Å²) in [4.78, 5) is 13.0. The second-order valence-corrected chi connectivity index (χ2v) is 9.62. The minimum atomic E-state index is -4.05. The summed E-state index contributed by atoms with van der Waals surface area (Å²) in [6.07, 6.45) is 5.37. The molecule has 2 aromatic carbocycles. The lowest BCUT2D eigenvalue weighted by Crippen LogP contribution is -2.51. The fraction of sp³-hybridized carbons (Fsp3) is 0.409. The molecule has 2 aromatic rings. The highest BCUT2D eigenvalue weighted by molar-refractivity contribution is 7.89. The zero-order chi connectivity index (χ0) is 21.6. The molecule has 1 fully saturated rings. The molecule has 30 heavy (non-hydrogen) atoms. The van der Waals surface area contributed by atoms with E-state index in [2.05, 4.69) is 10.0 Å². The van der Waals surface area contributed by atoms with Crippen molar-refractivity contribution in [3.8, 4) is 5.75 Å². The first-order valence-electron chi connectivity index (χ1n) is 10.1. The lowest BCUT2D eigenvalue weighted by Gasteiger charge is -2.26. The van der Waals surface area contributed by atoms with E-state index in [1.165, 1.54) is 25.7 Å². The molecule has 0 radical (unpaired) electrons. The van der Waals surface area contributed by atoms with Crippen LogP contribution in [0.4, 0.5) is 0 Å². The highest BCUT2D eigenvalue weighted by Gasteiger charge is 2.30. The number of rotatable bonds is 8. The molecule has 0 saturated heterocycles. The molecule has 0 aromatic heterocycles. The van der Waals surface area contributed by atoms with Crippen LogP contribution in [0.25, 0.3) is 0 Å². The van der Waals surface area contributed by atoms with E-state index in [0.29, 0.717) is 0 Å². The number of carbonyl (C=O) groups excluding carboxylic acids is 1. The Morgan fingerprint density at radius 3 is 2.50 bits per heavy atom. The average Bonchev–Trinajstić information content (AvgIpc) is 2.74. The van der Waals surface area contributed by atoms with Gasteiger partial charge in [-0.05, 0) is 43.0 Å². The zero-order valence-electron chi connectivity index (χ0n) is 16.9. The van der Waals surface area contributed by atoms with Crippen molar-refractivity contribution in [3.63, 3.8) is 0 Å². The number of halogens is 1. The van der Waals surface area contributed by atoms with Crippen molar-refractivity contribution in [1.29, 1.82) is 0 Å². The number of ether oxygens (including phenoxy) is 1. The van der Waals surface area contributed by atoms with E-state index in [0.717, 1.165) is 31.2 Å². The van der Waals surface area contributed by atoms with Gasteiger partial charge in [-0.1, -0.05) is 61.2 Å². The molecule has 0 bridgehead atoms. The fourth-order valence-electron chi connectivity index (χ4n) is 3.70. The van der Waals surface area contributed by atoms with Crippen LogP contribution in [-0.2, 0) is 21.2 Å². The van der Waals surface area contributed by atoms with E-state index in [1.807, 2.05) is 30.3 Å². The molecule has 1 aliphatic rings. The summed E-state index contributed by atoms with van der Waals surface area (Å²) in [6.45, 7) is 0. The number of benzene rings is 2. The lowest BCUT2D eigenvalue weighted by atomic mass is 9.95. The molecule has 0 heterocycles. The standard InChI is InChI=1S/C22H27ClN2O4S/c1-29-20-13-12-17(23)15-21(20)30(27,28)25-19(14-16-8-4-2-5-9-16)22(26)24-18-10-6-3-7-11-18/h2,4-5,8-9,12-13,15,18-19,25H,3,6-7,10-11,14H2,1H3,(H,24,26). The van der Waals surface area contributed by atoms with Crippen LogP contribution < -0.4 is 14.8 Å². The van der Waals surface area contributed by atoms with E-state index >= 15 is 0 Å². The molecule has 8 heteroatoms. The van der Waals surface area contributed by atoms with Gasteiger partial charge >= 0.3 is 0 Å². The molecule has 2 N–H and O–H groups in total. The highest BCUT2D eigenvalue weighted by atomic mass is 35.5. The second-order valence-electron chi connectivity index (χ2n) is 7.50. The molecular weight excluding hydrogens is 424 g/mol. The Labute approximate surface area is 183 Å². The van der Waals surface area contributed by atoms with Gasteiger partial charge in [0.1, 0.15) is 16.7 Å². The molecule has 1 unspecified atom stereocenters. The number of sulfonamides is 1. The van der Waals surface area contributed by atoms with E-state index < -0.39 is 16.1 Å². The lowest BCUT2D eigenvalue weighted by molar-refractivity contribution is -0.123. The van der Waals surface area contributed by atoms with Crippen molar-refractivity contribution < 1.29 is 17.9 Å². The summed E-state index contributed by atoms with van der Waals surface area (Å²) >= 11 is 6.01. The van der Waals surface area contributed by atoms with Crippen molar-refractivity contribution in [2.75, 3.05) is 7.11 Å². The first kappa shape index (κ1) is 22.6. The van der Waals surface area contributed by atoms with Crippen LogP contribution in [0.5, 0.6) is 5.75 Å². The maximum Gasteiger partial charge on any atom is 0.245 e. The summed E-state index contributed by atoms with van der Waals surface area (Å²) in [5, 5.41) is 3.30. The van der Waals surface area contributed by atoms with Crippen LogP contribution >= 0.6 is 11.6 Å². The first-order chi connectivity index (χ1) is 14.4. The molecule has 6 nitrogen and oxygen atoms in total. The Morgan fingerprint density at radius 2 is 1.83 bits per heavy atom. The Balaban J connectivity index is 1.85. The molecule has 3 rings (SSSR count). The third kappa shape index (κ3) is 5.97. The molecule has 1 saturated carbocycles. The van der Waals surface area contributed by atoms with E-state index in [9.17, 15) is 13.2 Å². The molecule has 162 valence electrons. The summed E-state index contributed by atoms with van der Waals surface area (Å²) in [7, 11) is -2.66. The summed E-state index contributed by atoms with van der Waals surface area (Å²) in [5.74, 6) is -0.159. The monoisotopic (exact) mass is 450 g/mol. The van der Waals surface area contributed by atoms with Crippen molar-refractivity contribution in [1.82, 2.24) is 10.0 Å². The SMILES string of the molecule is COc1ccc(Cl)cc1S(=O)(=O)NC(Cc1ccccc1)C(=O)NC1CCCCC1. The number of hydrogen-bond acceptors (Lipinski definition) is 4.